The Hall–Kier alpha value is -2.51. The third-order valence-corrected chi connectivity index (χ3v) is 6.51. The van der Waals surface area contributed by atoms with Crippen molar-refractivity contribution in [3.63, 3.8) is 0 Å². The molecule has 1 aromatic carbocycles. The van der Waals surface area contributed by atoms with E-state index >= 15 is 0 Å². The van der Waals surface area contributed by atoms with E-state index in [0.29, 0.717) is 25.2 Å². The topological polar surface area (TPSA) is 71.5 Å². The number of aromatic nitrogens is 1. The van der Waals surface area contributed by atoms with Gasteiger partial charge in [0.15, 0.2) is 0 Å². The van der Waals surface area contributed by atoms with Crippen LogP contribution < -0.4 is 5.32 Å². The second kappa shape index (κ2) is 9.32. The molecular weight excluding hydrogens is 421 g/mol. The van der Waals surface area contributed by atoms with Gasteiger partial charge in [0.2, 0.25) is 5.91 Å². The molecule has 0 bridgehead atoms. The number of carbonyl (C=O) groups excluding carboxylic acids is 2. The minimum absolute atomic E-state index is 0.0193. The molecular formula is C23H25ClFN3O3. The number of carbonyl (C=O) groups is 2. The average Bonchev–Trinajstić information content (AvgIpc) is 3.18. The largest absolute Gasteiger partial charge is 0.370 e. The monoisotopic (exact) mass is 445 g/mol. The first-order valence-corrected chi connectivity index (χ1v) is 10.9. The Kier molecular flexibility index (Phi) is 6.53. The molecule has 2 aromatic rings. The highest BCUT2D eigenvalue weighted by molar-refractivity contribution is 6.31. The first-order chi connectivity index (χ1) is 15.0. The van der Waals surface area contributed by atoms with Crippen molar-refractivity contribution in [3.05, 3.63) is 64.7 Å². The van der Waals surface area contributed by atoms with Gasteiger partial charge in [-0.15, -0.1) is 0 Å². The zero-order valence-electron chi connectivity index (χ0n) is 17.2. The van der Waals surface area contributed by atoms with E-state index in [1.165, 1.54) is 12.1 Å². The molecule has 2 aliphatic rings. The van der Waals surface area contributed by atoms with E-state index in [1.54, 1.807) is 30.6 Å². The van der Waals surface area contributed by atoms with E-state index in [2.05, 4.69) is 10.3 Å². The number of likely N-dealkylation sites (tertiary alicyclic amines) is 1. The van der Waals surface area contributed by atoms with E-state index in [4.69, 9.17) is 16.3 Å². The highest BCUT2D eigenvalue weighted by Gasteiger charge is 2.43. The first-order valence-electron chi connectivity index (χ1n) is 10.5. The summed E-state index contributed by atoms with van der Waals surface area (Å²) in [5.74, 6) is -0.744. The molecule has 0 aliphatic carbocycles. The maximum absolute atomic E-state index is 13.9. The van der Waals surface area contributed by atoms with E-state index in [1.807, 2.05) is 4.90 Å². The molecule has 1 aromatic heterocycles. The molecule has 2 fully saturated rings. The van der Waals surface area contributed by atoms with Gasteiger partial charge in [-0.2, -0.15) is 0 Å². The van der Waals surface area contributed by atoms with Crippen LogP contribution in [0.1, 0.15) is 41.6 Å². The minimum atomic E-state index is -0.480. The van der Waals surface area contributed by atoms with Crippen molar-refractivity contribution in [2.45, 2.75) is 43.8 Å². The predicted molar refractivity (Wildman–Crippen MR) is 114 cm³/mol. The van der Waals surface area contributed by atoms with Crippen molar-refractivity contribution >= 4 is 23.4 Å². The summed E-state index contributed by atoms with van der Waals surface area (Å²) in [6, 6.07) is 7.84. The molecule has 164 valence electrons. The third-order valence-electron chi connectivity index (χ3n) is 6.15. The summed E-state index contributed by atoms with van der Waals surface area (Å²) in [5, 5.41) is 3.09. The van der Waals surface area contributed by atoms with Crippen molar-refractivity contribution in [2.75, 3.05) is 19.6 Å². The van der Waals surface area contributed by atoms with Gasteiger partial charge < -0.3 is 15.0 Å². The van der Waals surface area contributed by atoms with E-state index < -0.39 is 5.82 Å². The van der Waals surface area contributed by atoms with Crippen LogP contribution in [0.3, 0.4) is 0 Å². The zero-order chi connectivity index (χ0) is 21.8. The van der Waals surface area contributed by atoms with Gasteiger partial charge in [-0.05, 0) is 49.9 Å². The van der Waals surface area contributed by atoms with Crippen LogP contribution in [0.5, 0.6) is 0 Å². The van der Waals surface area contributed by atoms with Crippen LogP contribution in [0.2, 0.25) is 5.02 Å². The van der Waals surface area contributed by atoms with E-state index in [-0.39, 0.29) is 40.5 Å². The zero-order valence-corrected chi connectivity index (χ0v) is 17.9. The SMILES string of the molecule is O=C(Cc1c(F)cccc1Cl)NCC1CCC2(CCN(C(=O)c3ccncc3)CC2)O1. The first kappa shape index (κ1) is 21.7. The number of piperidine rings is 1. The average molecular weight is 446 g/mol. The Labute approximate surface area is 185 Å². The quantitative estimate of drug-likeness (QED) is 0.765. The van der Waals surface area contributed by atoms with Gasteiger partial charge in [0.25, 0.3) is 5.91 Å². The van der Waals surface area contributed by atoms with Crippen molar-refractivity contribution in [3.8, 4) is 0 Å². The molecule has 1 spiro atoms. The van der Waals surface area contributed by atoms with Crippen LogP contribution in [0.15, 0.2) is 42.7 Å². The Morgan fingerprint density at radius 3 is 2.65 bits per heavy atom. The molecule has 2 aliphatic heterocycles. The maximum atomic E-state index is 13.9. The number of ether oxygens (including phenoxy) is 1. The number of halogens is 2. The highest BCUT2D eigenvalue weighted by atomic mass is 35.5. The Morgan fingerprint density at radius 1 is 1.19 bits per heavy atom. The molecule has 0 saturated carbocycles. The fourth-order valence-corrected chi connectivity index (χ4v) is 4.58. The lowest BCUT2D eigenvalue weighted by atomic mass is 9.88. The third kappa shape index (κ3) is 5.05. The molecule has 0 radical (unpaired) electrons. The molecule has 31 heavy (non-hydrogen) atoms. The van der Waals surface area contributed by atoms with Gasteiger partial charge in [-0.1, -0.05) is 17.7 Å². The lowest BCUT2D eigenvalue weighted by Gasteiger charge is -2.39. The van der Waals surface area contributed by atoms with Gasteiger partial charge in [0, 0.05) is 48.2 Å². The van der Waals surface area contributed by atoms with Crippen molar-refractivity contribution < 1.29 is 18.7 Å². The van der Waals surface area contributed by atoms with Gasteiger partial charge in [-0.25, -0.2) is 4.39 Å². The molecule has 1 unspecified atom stereocenters. The number of hydrogen-bond donors (Lipinski definition) is 1. The lowest BCUT2D eigenvalue weighted by molar-refractivity contribution is -0.122. The fraction of sp³-hybridized carbons (Fsp3) is 0.435. The summed E-state index contributed by atoms with van der Waals surface area (Å²) in [5.41, 5.74) is 0.616. The lowest BCUT2D eigenvalue weighted by Crippen LogP contribution is -2.47. The molecule has 3 heterocycles. The van der Waals surface area contributed by atoms with E-state index in [9.17, 15) is 14.0 Å². The summed E-state index contributed by atoms with van der Waals surface area (Å²) < 4.78 is 20.2. The summed E-state index contributed by atoms with van der Waals surface area (Å²) in [6.45, 7) is 1.67. The summed E-state index contributed by atoms with van der Waals surface area (Å²) in [6.07, 6.45) is 6.37. The van der Waals surface area contributed by atoms with Crippen molar-refractivity contribution in [1.29, 1.82) is 0 Å². The highest BCUT2D eigenvalue weighted by Crippen LogP contribution is 2.39. The molecule has 2 amide bonds. The van der Waals surface area contributed by atoms with Crippen LogP contribution in [0, 0.1) is 5.82 Å². The molecule has 6 nitrogen and oxygen atoms in total. The second-order valence-corrected chi connectivity index (χ2v) is 8.58. The standard InChI is InChI=1S/C23H25ClFN3O3/c24-19-2-1-3-20(25)18(19)14-21(29)27-15-17-4-7-23(31-17)8-12-28(13-9-23)22(30)16-5-10-26-11-6-16/h1-3,5-6,10-11,17H,4,7-9,12-15H2,(H,27,29). The smallest absolute Gasteiger partial charge is 0.253 e. The molecule has 8 heteroatoms. The number of hydrogen-bond acceptors (Lipinski definition) is 4. The van der Waals surface area contributed by atoms with E-state index in [0.717, 1.165) is 25.7 Å². The number of nitrogens with one attached hydrogen (secondary N) is 1. The Bertz CT molecular complexity index is 928. The molecule has 1 N–H and O–H groups in total. The number of nitrogens with zero attached hydrogens (tertiary/aromatic N) is 2. The van der Waals surface area contributed by atoms with Crippen LogP contribution in [-0.2, 0) is 16.0 Å². The summed E-state index contributed by atoms with van der Waals surface area (Å²) >= 11 is 6.00. The van der Waals surface area contributed by atoms with Crippen LogP contribution in [-0.4, -0.2) is 53.0 Å². The second-order valence-electron chi connectivity index (χ2n) is 8.17. The molecule has 2 saturated heterocycles. The van der Waals surface area contributed by atoms with Crippen molar-refractivity contribution in [1.82, 2.24) is 15.2 Å². The Morgan fingerprint density at radius 2 is 1.94 bits per heavy atom. The summed E-state index contributed by atoms with van der Waals surface area (Å²) in [4.78, 5) is 30.7. The van der Waals surface area contributed by atoms with Crippen molar-refractivity contribution in [2.24, 2.45) is 0 Å². The van der Waals surface area contributed by atoms with Gasteiger partial charge >= 0.3 is 0 Å². The molecule has 1 atom stereocenters. The van der Waals surface area contributed by atoms with Crippen LogP contribution in [0.25, 0.3) is 0 Å². The van der Waals surface area contributed by atoms with Crippen LogP contribution >= 0.6 is 11.6 Å². The van der Waals surface area contributed by atoms with Gasteiger partial charge in [-0.3, -0.25) is 14.6 Å². The molecule has 4 rings (SSSR count). The number of rotatable bonds is 5. The summed E-state index contributed by atoms with van der Waals surface area (Å²) in [7, 11) is 0. The maximum Gasteiger partial charge on any atom is 0.253 e. The number of benzene rings is 1. The predicted octanol–water partition coefficient (Wildman–Crippen LogP) is 3.39. The van der Waals surface area contributed by atoms with Gasteiger partial charge in [0.1, 0.15) is 5.82 Å². The normalized spacial score (nSPS) is 20.1. The number of pyridine rings is 1. The van der Waals surface area contributed by atoms with Crippen LogP contribution in [0.4, 0.5) is 4.39 Å². The fourth-order valence-electron chi connectivity index (χ4n) is 4.35. The van der Waals surface area contributed by atoms with Gasteiger partial charge in [0.05, 0.1) is 18.1 Å². The number of amides is 2. The Balaban J connectivity index is 1.24. The minimum Gasteiger partial charge on any atom is -0.370 e.